The quantitative estimate of drug-likeness (QED) is 0.360. The topological polar surface area (TPSA) is 69.9 Å². The van der Waals surface area contributed by atoms with Crippen molar-refractivity contribution in [3.8, 4) is 0 Å². The molecule has 2 aliphatic rings. The Bertz CT molecular complexity index is 853. The number of benzene rings is 1. The molecule has 6 nitrogen and oxygen atoms in total. The van der Waals surface area contributed by atoms with E-state index in [0.29, 0.717) is 25.6 Å². The van der Waals surface area contributed by atoms with Gasteiger partial charge in [-0.25, -0.2) is 0 Å². The Balaban J connectivity index is 0.00000256. The monoisotopic (exact) mass is 522 g/mol. The van der Waals surface area contributed by atoms with Gasteiger partial charge in [-0.1, -0.05) is 24.3 Å². The molecule has 0 bridgehead atoms. The molecule has 2 unspecified atom stereocenters. The summed E-state index contributed by atoms with van der Waals surface area (Å²) in [4.78, 5) is 18.4. The Morgan fingerprint density at radius 3 is 2.63 bits per heavy atom. The number of aryl methyl sites for hydroxylation is 1. The summed E-state index contributed by atoms with van der Waals surface area (Å²) in [5.41, 5.74) is 2.89. The number of amides is 1. The van der Waals surface area contributed by atoms with Gasteiger partial charge >= 0.3 is 0 Å². The van der Waals surface area contributed by atoms with Crippen molar-refractivity contribution < 1.29 is 9.21 Å². The number of hydrogen-bond donors (Lipinski definition) is 2. The fourth-order valence-electron chi connectivity index (χ4n) is 4.20. The second-order valence-corrected chi connectivity index (χ2v) is 8.07. The molecule has 1 fully saturated rings. The molecule has 0 radical (unpaired) electrons. The Hall–Kier alpha value is -2.03. The largest absolute Gasteiger partial charge is 0.469 e. The van der Waals surface area contributed by atoms with Crippen LogP contribution in [0.4, 0.5) is 0 Å². The van der Waals surface area contributed by atoms with Gasteiger partial charge in [0.05, 0.1) is 6.26 Å². The van der Waals surface area contributed by atoms with Gasteiger partial charge in [0.25, 0.3) is 0 Å². The molecule has 1 aromatic carbocycles. The first-order chi connectivity index (χ1) is 14.2. The van der Waals surface area contributed by atoms with E-state index in [2.05, 4.69) is 34.9 Å². The van der Waals surface area contributed by atoms with Crippen LogP contribution in [0.3, 0.4) is 0 Å². The summed E-state index contributed by atoms with van der Waals surface area (Å²) in [5, 5.41) is 7.23. The molecule has 162 valence electrons. The van der Waals surface area contributed by atoms with Crippen LogP contribution >= 0.6 is 24.0 Å². The summed E-state index contributed by atoms with van der Waals surface area (Å²) in [6.45, 7) is 1.37. The number of nitrogens with one attached hydrogen (secondary N) is 2. The first-order valence-corrected chi connectivity index (χ1v) is 10.6. The summed E-state index contributed by atoms with van der Waals surface area (Å²) in [5.74, 6) is 2.01. The lowest BCUT2D eigenvalue weighted by atomic mass is 9.88. The predicted octanol–water partition coefficient (Wildman–Crippen LogP) is 3.15. The first kappa shape index (κ1) is 22.7. The van der Waals surface area contributed by atoms with Crippen LogP contribution in [-0.4, -0.2) is 49.0 Å². The number of carbonyl (C=O) groups is 1. The molecule has 1 aromatic heterocycles. The Morgan fingerprint density at radius 1 is 1.10 bits per heavy atom. The number of guanidine groups is 1. The van der Waals surface area contributed by atoms with Crippen molar-refractivity contribution in [1.82, 2.24) is 15.5 Å². The summed E-state index contributed by atoms with van der Waals surface area (Å²) in [7, 11) is 1.87. The van der Waals surface area contributed by atoms with Gasteiger partial charge in [-0.3, -0.25) is 9.79 Å². The van der Waals surface area contributed by atoms with Crippen LogP contribution in [0.1, 0.15) is 36.1 Å². The molecule has 2 atom stereocenters. The zero-order valence-electron chi connectivity index (χ0n) is 17.5. The number of likely N-dealkylation sites (tertiary alicyclic amines) is 1. The highest BCUT2D eigenvalue weighted by molar-refractivity contribution is 14.0. The number of furan rings is 1. The maximum atomic E-state index is 11.8. The number of aliphatic imine (C=N–C) groups is 1. The number of hydrogen-bond acceptors (Lipinski definition) is 3. The third kappa shape index (κ3) is 6.00. The summed E-state index contributed by atoms with van der Waals surface area (Å²) < 4.78 is 5.43. The van der Waals surface area contributed by atoms with Crippen molar-refractivity contribution in [3.05, 3.63) is 59.5 Å². The normalized spacial score (nSPS) is 21.6. The molecule has 1 saturated heterocycles. The van der Waals surface area contributed by atoms with Crippen LogP contribution in [0.2, 0.25) is 0 Å². The smallest absolute Gasteiger partial charge is 0.222 e. The van der Waals surface area contributed by atoms with Crippen LogP contribution in [-0.2, 0) is 24.1 Å². The molecule has 0 saturated carbocycles. The SMILES string of the molecule is CN1CC(NC(=NCCc2ccco2)NC2CCc3ccccc3C2)CCC1=O.I. The third-order valence-electron chi connectivity index (χ3n) is 5.86. The molecule has 2 aromatic rings. The van der Waals surface area contributed by atoms with Crippen LogP contribution in [0.25, 0.3) is 0 Å². The summed E-state index contributed by atoms with van der Waals surface area (Å²) in [6, 6.07) is 13.2. The highest BCUT2D eigenvalue weighted by Crippen LogP contribution is 2.21. The average Bonchev–Trinajstić information content (AvgIpc) is 3.24. The molecule has 30 heavy (non-hydrogen) atoms. The Labute approximate surface area is 195 Å². The lowest BCUT2D eigenvalue weighted by Crippen LogP contribution is -2.54. The number of likely N-dealkylation sites (N-methyl/N-ethyl adjacent to an activating group) is 1. The lowest BCUT2D eigenvalue weighted by molar-refractivity contribution is -0.132. The average molecular weight is 522 g/mol. The molecule has 0 spiro atoms. The maximum absolute atomic E-state index is 11.8. The van der Waals surface area contributed by atoms with Gasteiger partial charge in [-0.15, -0.1) is 24.0 Å². The van der Waals surface area contributed by atoms with Crippen molar-refractivity contribution in [2.45, 2.75) is 50.6 Å². The molecule has 2 heterocycles. The lowest BCUT2D eigenvalue weighted by Gasteiger charge is -2.33. The zero-order chi connectivity index (χ0) is 20.1. The standard InChI is InChI=1S/C23H30N4O2.HI/c1-27-16-20(10-11-22(27)28)26-23(24-13-12-21-7-4-14-29-21)25-19-9-8-17-5-2-3-6-18(17)15-19;/h2-7,14,19-20H,8-13,15-16H2,1H3,(H2,24,25,26);1H. The van der Waals surface area contributed by atoms with Gasteiger partial charge in [-0.05, 0) is 48.9 Å². The fraction of sp³-hybridized carbons (Fsp3) is 0.478. The van der Waals surface area contributed by atoms with Gasteiger partial charge in [0.1, 0.15) is 5.76 Å². The van der Waals surface area contributed by atoms with Crippen LogP contribution in [0.5, 0.6) is 0 Å². The van der Waals surface area contributed by atoms with Crippen molar-refractivity contribution >= 4 is 35.8 Å². The Morgan fingerprint density at radius 2 is 1.87 bits per heavy atom. The van der Waals surface area contributed by atoms with Gasteiger partial charge in [0.2, 0.25) is 5.91 Å². The van der Waals surface area contributed by atoms with E-state index in [1.165, 1.54) is 11.1 Å². The number of carbonyl (C=O) groups excluding carboxylic acids is 1. The van der Waals surface area contributed by atoms with E-state index in [1.807, 2.05) is 19.2 Å². The second kappa shape index (κ2) is 10.8. The van der Waals surface area contributed by atoms with Crippen molar-refractivity contribution in [2.75, 3.05) is 20.1 Å². The van der Waals surface area contributed by atoms with E-state index in [4.69, 9.17) is 9.41 Å². The van der Waals surface area contributed by atoms with Crippen LogP contribution in [0.15, 0.2) is 52.1 Å². The number of piperidine rings is 1. The molecular formula is C23H31IN4O2. The minimum atomic E-state index is 0. The van der Waals surface area contributed by atoms with Gasteiger partial charge in [0, 0.05) is 45.1 Å². The first-order valence-electron chi connectivity index (χ1n) is 10.6. The van der Waals surface area contributed by atoms with E-state index in [9.17, 15) is 4.79 Å². The molecule has 1 amide bonds. The van der Waals surface area contributed by atoms with E-state index < -0.39 is 0 Å². The van der Waals surface area contributed by atoms with E-state index in [0.717, 1.165) is 43.8 Å². The van der Waals surface area contributed by atoms with Gasteiger partial charge < -0.3 is 20.0 Å². The van der Waals surface area contributed by atoms with Gasteiger partial charge in [-0.2, -0.15) is 0 Å². The molecular weight excluding hydrogens is 491 g/mol. The highest BCUT2D eigenvalue weighted by Gasteiger charge is 2.25. The number of nitrogens with zero attached hydrogens (tertiary/aromatic N) is 2. The van der Waals surface area contributed by atoms with E-state index in [-0.39, 0.29) is 35.9 Å². The fourth-order valence-corrected chi connectivity index (χ4v) is 4.20. The molecule has 7 heteroatoms. The summed E-state index contributed by atoms with van der Waals surface area (Å²) in [6.07, 6.45) is 7.10. The zero-order valence-corrected chi connectivity index (χ0v) is 19.8. The highest BCUT2D eigenvalue weighted by atomic mass is 127. The van der Waals surface area contributed by atoms with Crippen molar-refractivity contribution in [1.29, 1.82) is 0 Å². The second-order valence-electron chi connectivity index (χ2n) is 8.07. The maximum Gasteiger partial charge on any atom is 0.222 e. The van der Waals surface area contributed by atoms with E-state index >= 15 is 0 Å². The third-order valence-corrected chi connectivity index (χ3v) is 5.86. The minimum absolute atomic E-state index is 0. The number of rotatable bonds is 5. The molecule has 2 N–H and O–H groups in total. The Kier molecular flexibility index (Phi) is 8.18. The summed E-state index contributed by atoms with van der Waals surface area (Å²) >= 11 is 0. The van der Waals surface area contributed by atoms with Crippen LogP contribution in [0, 0.1) is 0 Å². The predicted molar refractivity (Wildman–Crippen MR) is 129 cm³/mol. The molecule has 1 aliphatic heterocycles. The van der Waals surface area contributed by atoms with Gasteiger partial charge in [0.15, 0.2) is 5.96 Å². The number of fused-ring (bicyclic) bond motifs is 1. The van der Waals surface area contributed by atoms with Crippen molar-refractivity contribution in [3.63, 3.8) is 0 Å². The molecule has 4 rings (SSSR count). The minimum Gasteiger partial charge on any atom is -0.469 e. The number of halogens is 1. The van der Waals surface area contributed by atoms with Crippen LogP contribution < -0.4 is 10.6 Å². The van der Waals surface area contributed by atoms with Crippen molar-refractivity contribution in [2.24, 2.45) is 4.99 Å². The van der Waals surface area contributed by atoms with E-state index in [1.54, 1.807) is 11.2 Å². The molecule has 1 aliphatic carbocycles.